The van der Waals surface area contributed by atoms with E-state index in [1.807, 2.05) is 4.90 Å². The number of anilines is 1. The number of amides is 1. The van der Waals surface area contributed by atoms with E-state index in [9.17, 15) is 23.1 Å². The number of piperidine rings is 1. The average Bonchev–Trinajstić information content (AvgIpc) is 2.87. The Morgan fingerprint density at radius 3 is 2.11 bits per heavy atom. The van der Waals surface area contributed by atoms with Crippen LogP contribution in [0.1, 0.15) is 34.3 Å². The molecule has 2 aliphatic heterocycles. The first-order chi connectivity index (χ1) is 17.2. The van der Waals surface area contributed by atoms with Gasteiger partial charge in [-0.1, -0.05) is 24.3 Å². The fourth-order valence-corrected chi connectivity index (χ4v) is 4.38. The third kappa shape index (κ3) is 5.05. The molecule has 0 radical (unpaired) electrons. The minimum absolute atomic E-state index is 0.0472. The van der Waals surface area contributed by atoms with Gasteiger partial charge in [-0.2, -0.15) is 13.2 Å². The minimum atomic E-state index is -4.37. The molecule has 3 aromatic rings. The number of carbonyl (C=O) groups excluding carboxylic acids is 1. The largest absolute Gasteiger partial charge is 0.416 e. The minimum Gasteiger partial charge on any atom is -0.380 e. The van der Waals surface area contributed by atoms with E-state index in [1.165, 1.54) is 12.1 Å². The fourth-order valence-electron chi connectivity index (χ4n) is 4.38. The van der Waals surface area contributed by atoms with Gasteiger partial charge in [-0.05, 0) is 48.2 Å². The molecule has 2 aliphatic rings. The lowest BCUT2D eigenvalue weighted by atomic mass is 9.91. The number of nitrogens with zero attached hydrogens (tertiary/aromatic N) is 3. The highest BCUT2D eigenvalue weighted by atomic mass is 19.4. The van der Waals surface area contributed by atoms with Crippen molar-refractivity contribution in [2.45, 2.75) is 30.7 Å². The maximum absolute atomic E-state index is 12.9. The Morgan fingerprint density at radius 1 is 0.972 bits per heavy atom. The summed E-state index contributed by atoms with van der Waals surface area (Å²) in [5, 5.41) is 13.6. The highest BCUT2D eigenvalue weighted by Crippen LogP contribution is 2.31. The van der Waals surface area contributed by atoms with Gasteiger partial charge in [0, 0.05) is 42.7 Å². The van der Waals surface area contributed by atoms with Gasteiger partial charge in [-0.3, -0.25) is 4.79 Å². The second kappa shape index (κ2) is 9.51. The van der Waals surface area contributed by atoms with Crippen molar-refractivity contribution in [1.82, 2.24) is 14.9 Å². The van der Waals surface area contributed by atoms with Crippen molar-refractivity contribution in [3.63, 3.8) is 0 Å². The van der Waals surface area contributed by atoms with Gasteiger partial charge >= 0.3 is 6.18 Å². The molecule has 3 heterocycles. The van der Waals surface area contributed by atoms with Crippen LogP contribution in [0, 0.1) is 0 Å². The number of hydrogen-bond donors (Lipinski definition) is 2. The molecule has 0 spiro atoms. The Kier molecular flexibility index (Phi) is 6.40. The van der Waals surface area contributed by atoms with Crippen LogP contribution >= 0.6 is 0 Å². The summed E-state index contributed by atoms with van der Waals surface area (Å²) in [6.45, 7) is 1.70. The van der Waals surface area contributed by atoms with Gasteiger partial charge in [-0.25, -0.2) is 9.97 Å². The highest BCUT2D eigenvalue weighted by molar-refractivity contribution is 5.94. The number of benzene rings is 2. The molecule has 7 nitrogen and oxygen atoms in total. The summed E-state index contributed by atoms with van der Waals surface area (Å²) in [7, 11) is 0. The predicted octanol–water partition coefficient (Wildman–Crippen LogP) is 4.10. The SMILES string of the molecule is O=C(c1ccc(C2(O)COC2)cc1)N1CCC(Nc2ncc(-c3ccc(C(F)(F)F)cc3)cn2)CC1. The molecule has 10 heteroatoms. The molecule has 0 unspecified atom stereocenters. The third-order valence-electron chi connectivity index (χ3n) is 6.66. The first kappa shape index (κ1) is 24.2. The summed E-state index contributed by atoms with van der Waals surface area (Å²) in [6, 6.07) is 12.0. The molecule has 0 atom stereocenters. The molecule has 2 fully saturated rings. The molecule has 188 valence electrons. The molecule has 2 saturated heterocycles. The highest BCUT2D eigenvalue weighted by Gasteiger charge is 2.38. The van der Waals surface area contributed by atoms with Crippen molar-refractivity contribution in [2.24, 2.45) is 0 Å². The Bertz CT molecular complexity index is 1200. The smallest absolute Gasteiger partial charge is 0.380 e. The Balaban J connectivity index is 1.13. The normalized spacial score (nSPS) is 17.9. The predicted molar refractivity (Wildman–Crippen MR) is 126 cm³/mol. The molecule has 1 amide bonds. The zero-order valence-corrected chi connectivity index (χ0v) is 19.3. The molecule has 0 saturated carbocycles. The Hall–Kier alpha value is -3.50. The van der Waals surface area contributed by atoms with Crippen LogP contribution in [0.25, 0.3) is 11.1 Å². The Morgan fingerprint density at radius 2 is 1.58 bits per heavy atom. The second-order valence-electron chi connectivity index (χ2n) is 9.18. The average molecular weight is 499 g/mol. The summed E-state index contributed by atoms with van der Waals surface area (Å²) in [5.74, 6) is 0.387. The van der Waals surface area contributed by atoms with E-state index in [4.69, 9.17) is 4.74 Å². The summed E-state index contributed by atoms with van der Waals surface area (Å²) < 4.78 is 43.3. The van der Waals surface area contributed by atoms with E-state index in [1.54, 1.807) is 36.7 Å². The zero-order valence-electron chi connectivity index (χ0n) is 19.3. The number of halogens is 3. The van der Waals surface area contributed by atoms with Crippen LogP contribution in [-0.4, -0.2) is 58.2 Å². The maximum Gasteiger partial charge on any atom is 0.416 e. The molecular weight excluding hydrogens is 473 g/mol. The van der Waals surface area contributed by atoms with Gasteiger partial charge in [-0.15, -0.1) is 0 Å². The van der Waals surface area contributed by atoms with Crippen molar-refractivity contribution < 1.29 is 27.8 Å². The monoisotopic (exact) mass is 498 g/mol. The number of likely N-dealkylation sites (tertiary alicyclic amines) is 1. The van der Waals surface area contributed by atoms with E-state index in [2.05, 4.69) is 15.3 Å². The number of alkyl halides is 3. The number of rotatable bonds is 5. The molecular formula is C26H25F3N4O3. The van der Waals surface area contributed by atoms with E-state index < -0.39 is 17.3 Å². The van der Waals surface area contributed by atoms with E-state index in [0.29, 0.717) is 35.7 Å². The number of aromatic nitrogens is 2. The molecule has 0 aliphatic carbocycles. The Labute approximate surface area is 205 Å². The first-order valence-corrected chi connectivity index (χ1v) is 11.7. The van der Waals surface area contributed by atoms with E-state index in [-0.39, 0.29) is 25.2 Å². The molecule has 1 aromatic heterocycles. The fraction of sp³-hybridized carbons (Fsp3) is 0.346. The second-order valence-corrected chi connectivity index (χ2v) is 9.18. The van der Waals surface area contributed by atoms with Crippen LogP contribution in [0.2, 0.25) is 0 Å². The number of nitrogens with one attached hydrogen (secondary N) is 1. The van der Waals surface area contributed by atoms with Crippen LogP contribution in [0.4, 0.5) is 19.1 Å². The van der Waals surface area contributed by atoms with Crippen molar-refractivity contribution in [2.75, 3.05) is 31.6 Å². The molecule has 0 bridgehead atoms. The first-order valence-electron chi connectivity index (χ1n) is 11.7. The summed E-state index contributed by atoms with van der Waals surface area (Å²) in [5.41, 5.74) is 0.898. The van der Waals surface area contributed by atoms with Crippen LogP contribution in [0.5, 0.6) is 0 Å². The molecule has 2 aromatic carbocycles. The van der Waals surface area contributed by atoms with Gasteiger partial charge in [0.2, 0.25) is 5.95 Å². The van der Waals surface area contributed by atoms with Gasteiger partial charge < -0.3 is 20.1 Å². The van der Waals surface area contributed by atoms with Gasteiger partial charge in [0.15, 0.2) is 0 Å². The van der Waals surface area contributed by atoms with Gasteiger partial charge in [0.25, 0.3) is 5.91 Å². The van der Waals surface area contributed by atoms with Crippen molar-refractivity contribution in [3.05, 3.63) is 77.6 Å². The lowest BCUT2D eigenvalue weighted by molar-refractivity contribution is -0.184. The topological polar surface area (TPSA) is 87.6 Å². The summed E-state index contributed by atoms with van der Waals surface area (Å²) in [4.78, 5) is 23.3. The molecule has 2 N–H and O–H groups in total. The van der Waals surface area contributed by atoms with Crippen molar-refractivity contribution in [3.8, 4) is 11.1 Å². The van der Waals surface area contributed by atoms with E-state index >= 15 is 0 Å². The van der Waals surface area contributed by atoms with Crippen molar-refractivity contribution in [1.29, 1.82) is 0 Å². The van der Waals surface area contributed by atoms with Gasteiger partial charge in [0.1, 0.15) is 5.60 Å². The number of hydrogen-bond acceptors (Lipinski definition) is 6. The van der Waals surface area contributed by atoms with Crippen LogP contribution in [0.15, 0.2) is 60.9 Å². The molecule has 5 rings (SSSR count). The van der Waals surface area contributed by atoms with Crippen LogP contribution in [-0.2, 0) is 16.5 Å². The maximum atomic E-state index is 12.9. The lowest BCUT2D eigenvalue weighted by Gasteiger charge is -2.37. The number of aliphatic hydroxyl groups is 1. The summed E-state index contributed by atoms with van der Waals surface area (Å²) >= 11 is 0. The van der Waals surface area contributed by atoms with Crippen LogP contribution in [0.3, 0.4) is 0 Å². The molecule has 36 heavy (non-hydrogen) atoms. The van der Waals surface area contributed by atoms with Gasteiger partial charge in [0.05, 0.1) is 18.8 Å². The zero-order chi connectivity index (χ0) is 25.3. The standard InChI is InChI=1S/C26H25F3N4O3/c27-26(28,29)21-7-1-17(2-8-21)19-13-30-24(31-14-19)32-22-9-11-33(12-10-22)23(34)18-3-5-20(6-4-18)25(35)15-36-16-25/h1-8,13-14,22,35H,9-12,15-16H2,(H,30,31,32). The third-order valence-corrected chi connectivity index (χ3v) is 6.66. The lowest BCUT2D eigenvalue weighted by Crippen LogP contribution is -2.46. The van der Waals surface area contributed by atoms with Crippen molar-refractivity contribution >= 4 is 11.9 Å². The van der Waals surface area contributed by atoms with E-state index in [0.717, 1.165) is 30.5 Å². The summed E-state index contributed by atoms with van der Waals surface area (Å²) in [6.07, 6.45) is 0.233. The number of carbonyl (C=O) groups is 1. The van der Waals surface area contributed by atoms with Crippen LogP contribution < -0.4 is 5.32 Å². The number of ether oxygens (including phenoxy) is 1. The quantitative estimate of drug-likeness (QED) is 0.551.